The van der Waals surface area contributed by atoms with E-state index in [1.165, 1.54) is 15.3 Å². The lowest BCUT2D eigenvalue weighted by molar-refractivity contribution is 0.0781. The molecule has 1 heterocycles. The number of nitrogens with zero attached hydrogens (tertiary/aromatic N) is 2. The second-order valence-corrected chi connectivity index (χ2v) is 9.03. The standard InChI is InChI=1S/C20H23ClN2O3S/c1-22(15-16-9-3-5-11-18(16)21)20(24)17-10-4-6-12-19(17)27(25,26)23-13-7-2-8-14-23/h3-6,9-12H,2,7-8,13-15H2,1H3. The Morgan fingerprint density at radius 2 is 1.67 bits per heavy atom. The van der Waals surface area contributed by atoms with Crippen LogP contribution in [-0.4, -0.2) is 43.7 Å². The molecule has 27 heavy (non-hydrogen) atoms. The van der Waals surface area contributed by atoms with Gasteiger partial charge >= 0.3 is 0 Å². The van der Waals surface area contributed by atoms with Crippen LogP contribution < -0.4 is 0 Å². The van der Waals surface area contributed by atoms with Crippen LogP contribution >= 0.6 is 11.6 Å². The molecule has 0 N–H and O–H groups in total. The normalized spacial score (nSPS) is 15.5. The van der Waals surface area contributed by atoms with Crippen molar-refractivity contribution < 1.29 is 13.2 Å². The molecule has 3 rings (SSSR count). The molecule has 1 saturated heterocycles. The molecule has 0 aromatic heterocycles. The molecule has 2 aromatic rings. The average Bonchev–Trinajstić information content (AvgIpc) is 2.69. The van der Waals surface area contributed by atoms with E-state index in [1.54, 1.807) is 31.3 Å². The van der Waals surface area contributed by atoms with Crippen LogP contribution in [0.5, 0.6) is 0 Å². The van der Waals surface area contributed by atoms with Gasteiger partial charge in [0.05, 0.1) is 10.5 Å². The number of halogens is 1. The molecule has 7 heteroatoms. The number of piperidine rings is 1. The largest absolute Gasteiger partial charge is 0.337 e. The Hall–Kier alpha value is -1.89. The van der Waals surface area contributed by atoms with Gasteiger partial charge in [0.1, 0.15) is 0 Å². The van der Waals surface area contributed by atoms with Crippen molar-refractivity contribution in [3.8, 4) is 0 Å². The molecule has 0 atom stereocenters. The van der Waals surface area contributed by atoms with Crippen molar-refractivity contribution in [2.45, 2.75) is 30.7 Å². The van der Waals surface area contributed by atoms with Gasteiger partial charge in [0.15, 0.2) is 0 Å². The van der Waals surface area contributed by atoms with Crippen molar-refractivity contribution in [3.05, 3.63) is 64.7 Å². The fourth-order valence-electron chi connectivity index (χ4n) is 3.27. The van der Waals surface area contributed by atoms with Crippen molar-refractivity contribution in [2.24, 2.45) is 0 Å². The minimum Gasteiger partial charge on any atom is -0.337 e. The lowest BCUT2D eigenvalue weighted by Crippen LogP contribution is -2.37. The Morgan fingerprint density at radius 1 is 1.04 bits per heavy atom. The fraction of sp³-hybridized carbons (Fsp3) is 0.350. The highest BCUT2D eigenvalue weighted by molar-refractivity contribution is 7.89. The fourth-order valence-corrected chi connectivity index (χ4v) is 5.17. The SMILES string of the molecule is CN(Cc1ccccc1Cl)C(=O)c1ccccc1S(=O)(=O)N1CCCCC1. The summed E-state index contributed by atoms with van der Waals surface area (Å²) >= 11 is 6.18. The molecule has 1 aliphatic rings. The zero-order valence-electron chi connectivity index (χ0n) is 15.3. The Bertz CT molecular complexity index is 924. The van der Waals surface area contributed by atoms with Crippen LogP contribution in [0.25, 0.3) is 0 Å². The Balaban J connectivity index is 1.88. The van der Waals surface area contributed by atoms with Gasteiger partial charge in [0, 0.05) is 31.7 Å². The summed E-state index contributed by atoms with van der Waals surface area (Å²) in [6, 6.07) is 13.7. The van der Waals surface area contributed by atoms with Crippen LogP contribution in [0, 0.1) is 0 Å². The maximum Gasteiger partial charge on any atom is 0.255 e. The first kappa shape index (κ1) is 19.9. The monoisotopic (exact) mass is 406 g/mol. The quantitative estimate of drug-likeness (QED) is 0.759. The van der Waals surface area contributed by atoms with Crippen molar-refractivity contribution in [1.29, 1.82) is 0 Å². The van der Waals surface area contributed by atoms with Crippen LogP contribution in [0.2, 0.25) is 5.02 Å². The lowest BCUT2D eigenvalue weighted by Gasteiger charge is -2.27. The van der Waals surface area contributed by atoms with Gasteiger partial charge in [0.25, 0.3) is 5.91 Å². The third kappa shape index (κ3) is 4.34. The molecule has 0 unspecified atom stereocenters. The van der Waals surface area contributed by atoms with Crippen molar-refractivity contribution in [3.63, 3.8) is 0 Å². The van der Waals surface area contributed by atoms with Gasteiger partial charge in [-0.3, -0.25) is 4.79 Å². The molecule has 144 valence electrons. The highest BCUT2D eigenvalue weighted by Gasteiger charge is 2.30. The van der Waals surface area contributed by atoms with Crippen LogP contribution in [0.4, 0.5) is 0 Å². The number of benzene rings is 2. The molecule has 2 aromatic carbocycles. The molecule has 1 amide bonds. The number of rotatable bonds is 5. The zero-order valence-corrected chi connectivity index (χ0v) is 16.8. The summed E-state index contributed by atoms with van der Waals surface area (Å²) < 4.78 is 27.6. The van der Waals surface area contributed by atoms with Gasteiger partial charge in [-0.25, -0.2) is 8.42 Å². The first-order valence-corrected chi connectivity index (χ1v) is 10.8. The highest BCUT2D eigenvalue weighted by Crippen LogP contribution is 2.25. The van der Waals surface area contributed by atoms with Gasteiger partial charge in [-0.1, -0.05) is 48.4 Å². The Labute approximate surface area is 165 Å². The number of hydrogen-bond donors (Lipinski definition) is 0. The third-order valence-corrected chi connectivity index (χ3v) is 7.09. The summed E-state index contributed by atoms with van der Waals surface area (Å²) in [6.45, 7) is 1.30. The number of hydrogen-bond acceptors (Lipinski definition) is 3. The second-order valence-electron chi connectivity index (χ2n) is 6.71. The van der Waals surface area contributed by atoms with Crippen LogP contribution in [0.1, 0.15) is 35.2 Å². The second kappa shape index (κ2) is 8.42. The first-order chi connectivity index (χ1) is 12.9. The topological polar surface area (TPSA) is 57.7 Å². The minimum atomic E-state index is -3.69. The smallest absolute Gasteiger partial charge is 0.255 e. The number of carbonyl (C=O) groups is 1. The van der Waals surface area contributed by atoms with Crippen molar-refractivity contribution in [1.82, 2.24) is 9.21 Å². The Morgan fingerprint density at radius 3 is 2.37 bits per heavy atom. The molecule has 0 saturated carbocycles. The maximum atomic E-state index is 13.1. The molecule has 5 nitrogen and oxygen atoms in total. The van der Waals surface area contributed by atoms with Gasteiger partial charge in [-0.05, 0) is 36.6 Å². The predicted molar refractivity (Wildman–Crippen MR) is 106 cm³/mol. The average molecular weight is 407 g/mol. The van der Waals surface area contributed by atoms with Crippen molar-refractivity contribution in [2.75, 3.05) is 20.1 Å². The summed E-state index contributed by atoms with van der Waals surface area (Å²) in [6.07, 6.45) is 2.73. The number of carbonyl (C=O) groups excluding carboxylic acids is 1. The molecule has 0 aliphatic carbocycles. The van der Waals surface area contributed by atoms with Crippen LogP contribution in [0.15, 0.2) is 53.4 Å². The van der Waals surface area contributed by atoms with Gasteiger partial charge in [0.2, 0.25) is 10.0 Å². The minimum absolute atomic E-state index is 0.0721. The molecular formula is C20H23ClN2O3S. The molecular weight excluding hydrogens is 384 g/mol. The summed E-state index contributed by atoms with van der Waals surface area (Å²) in [4.78, 5) is 14.6. The summed E-state index contributed by atoms with van der Waals surface area (Å²) in [7, 11) is -2.04. The van der Waals surface area contributed by atoms with E-state index in [0.29, 0.717) is 24.7 Å². The molecule has 1 aliphatic heterocycles. The highest BCUT2D eigenvalue weighted by atomic mass is 35.5. The van der Waals surface area contributed by atoms with Gasteiger partial charge < -0.3 is 4.90 Å². The van der Waals surface area contributed by atoms with E-state index in [1.807, 2.05) is 18.2 Å². The first-order valence-electron chi connectivity index (χ1n) is 8.99. The van der Waals surface area contributed by atoms with Crippen molar-refractivity contribution >= 4 is 27.5 Å². The zero-order chi connectivity index (χ0) is 19.4. The van der Waals surface area contributed by atoms with Gasteiger partial charge in [-0.2, -0.15) is 4.31 Å². The molecule has 0 radical (unpaired) electrons. The van der Waals surface area contributed by atoms with Crippen LogP contribution in [0.3, 0.4) is 0 Å². The predicted octanol–water partition coefficient (Wildman–Crippen LogP) is 3.79. The summed E-state index contributed by atoms with van der Waals surface area (Å²) in [5, 5.41) is 0.575. The summed E-state index contributed by atoms with van der Waals surface area (Å²) in [5.74, 6) is -0.342. The maximum absolute atomic E-state index is 13.1. The molecule has 0 spiro atoms. The van der Waals surface area contributed by atoms with Gasteiger partial charge in [-0.15, -0.1) is 0 Å². The lowest BCUT2D eigenvalue weighted by atomic mass is 10.1. The molecule has 1 fully saturated rings. The Kier molecular flexibility index (Phi) is 6.19. The summed E-state index contributed by atoms with van der Waals surface area (Å²) in [5.41, 5.74) is 1.00. The van der Waals surface area contributed by atoms with E-state index >= 15 is 0 Å². The van der Waals surface area contributed by atoms with E-state index in [-0.39, 0.29) is 16.4 Å². The van der Waals surface area contributed by atoms with E-state index in [4.69, 9.17) is 11.6 Å². The van der Waals surface area contributed by atoms with Crippen LogP contribution in [-0.2, 0) is 16.6 Å². The van der Waals surface area contributed by atoms with E-state index in [0.717, 1.165) is 24.8 Å². The van der Waals surface area contributed by atoms with E-state index in [2.05, 4.69) is 0 Å². The number of sulfonamides is 1. The van der Waals surface area contributed by atoms with E-state index < -0.39 is 10.0 Å². The van der Waals surface area contributed by atoms with E-state index in [9.17, 15) is 13.2 Å². The number of amides is 1. The molecule has 0 bridgehead atoms. The third-order valence-electron chi connectivity index (χ3n) is 4.76.